The molecule has 0 aromatic heterocycles. The highest BCUT2D eigenvalue weighted by molar-refractivity contribution is 7.92. The van der Waals surface area contributed by atoms with E-state index in [9.17, 15) is 8.42 Å². The molecule has 4 nitrogen and oxygen atoms in total. The van der Waals surface area contributed by atoms with Crippen LogP contribution in [0.25, 0.3) is 0 Å². The third-order valence-electron chi connectivity index (χ3n) is 2.41. The molecule has 0 aliphatic rings. The molecular formula is C11H17NO3S. The Morgan fingerprint density at radius 2 is 1.69 bits per heavy atom. The fourth-order valence-electron chi connectivity index (χ4n) is 1.26. The maximum atomic E-state index is 11.8. The van der Waals surface area contributed by atoms with Gasteiger partial charge in [0.15, 0.2) is 9.84 Å². The van der Waals surface area contributed by atoms with E-state index in [1.54, 1.807) is 38.1 Å². The van der Waals surface area contributed by atoms with Gasteiger partial charge in [0.2, 0.25) is 0 Å². The van der Waals surface area contributed by atoms with Crippen LogP contribution in [0, 0.1) is 0 Å². The van der Waals surface area contributed by atoms with Crippen LogP contribution in [-0.4, -0.2) is 20.8 Å². The van der Waals surface area contributed by atoms with Gasteiger partial charge in [-0.1, -0.05) is 12.1 Å². The highest BCUT2D eigenvalue weighted by atomic mass is 32.2. The molecule has 0 radical (unpaired) electrons. The molecule has 1 rings (SSSR count). The molecule has 0 fully saturated rings. The fraction of sp³-hybridized carbons (Fsp3) is 0.455. The highest BCUT2D eigenvalue weighted by Crippen LogP contribution is 2.18. The molecule has 0 spiro atoms. The van der Waals surface area contributed by atoms with Crippen LogP contribution in [0.5, 0.6) is 0 Å². The smallest absolute Gasteiger partial charge is 0.180 e. The van der Waals surface area contributed by atoms with Crippen molar-refractivity contribution in [2.75, 3.05) is 7.11 Å². The van der Waals surface area contributed by atoms with E-state index in [-0.39, 0.29) is 0 Å². The molecular weight excluding hydrogens is 226 g/mol. The second-order valence-corrected chi connectivity index (χ2v) is 6.32. The minimum Gasteiger partial charge on any atom is -0.363 e. The molecule has 16 heavy (non-hydrogen) atoms. The van der Waals surface area contributed by atoms with Crippen LogP contribution in [0.3, 0.4) is 0 Å². The van der Waals surface area contributed by atoms with Crippen molar-refractivity contribution in [3.63, 3.8) is 0 Å². The zero-order valence-corrected chi connectivity index (χ0v) is 10.5. The van der Waals surface area contributed by atoms with Gasteiger partial charge < -0.3 is 10.5 Å². The van der Waals surface area contributed by atoms with Crippen LogP contribution in [-0.2, 0) is 14.6 Å². The molecule has 0 bridgehead atoms. The second-order valence-electron chi connectivity index (χ2n) is 3.82. The Kier molecular flexibility index (Phi) is 4.07. The summed E-state index contributed by atoms with van der Waals surface area (Å²) in [5.74, 6) is 0. The van der Waals surface area contributed by atoms with E-state index in [0.29, 0.717) is 4.90 Å². The third-order valence-corrected chi connectivity index (χ3v) is 4.58. The summed E-state index contributed by atoms with van der Waals surface area (Å²) in [5.41, 5.74) is 6.40. The van der Waals surface area contributed by atoms with Crippen molar-refractivity contribution in [1.82, 2.24) is 0 Å². The normalized spacial score (nSPS) is 14.1. The van der Waals surface area contributed by atoms with Crippen molar-refractivity contribution >= 4 is 9.84 Å². The predicted octanol–water partition coefficient (Wildman–Crippen LogP) is 1.47. The van der Waals surface area contributed by atoms with Gasteiger partial charge in [-0.2, -0.15) is 0 Å². The first kappa shape index (κ1) is 13.2. The van der Waals surface area contributed by atoms with Crippen molar-refractivity contribution in [1.29, 1.82) is 0 Å². The highest BCUT2D eigenvalue weighted by Gasteiger charge is 2.19. The zero-order valence-electron chi connectivity index (χ0n) is 9.67. The van der Waals surface area contributed by atoms with Crippen LogP contribution >= 0.6 is 0 Å². The van der Waals surface area contributed by atoms with E-state index in [4.69, 9.17) is 10.5 Å². The number of hydrogen-bond donors (Lipinski definition) is 1. The number of benzene rings is 1. The van der Waals surface area contributed by atoms with E-state index in [1.165, 1.54) is 7.11 Å². The van der Waals surface area contributed by atoms with Gasteiger partial charge in [-0.25, -0.2) is 8.42 Å². The first-order valence-electron chi connectivity index (χ1n) is 5.02. The Morgan fingerprint density at radius 3 is 2.06 bits per heavy atom. The van der Waals surface area contributed by atoms with Crippen molar-refractivity contribution in [3.8, 4) is 0 Å². The van der Waals surface area contributed by atoms with Crippen LogP contribution in [0.1, 0.15) is 25.6 Å². The SMILES string of the molecule is COC(N)c1ccc(S(=O)(=O)C(C)C)cc1. The monoisotopic (exact) mass is 243 g/mol. The first-order chi connectivity index (χ1) is 7.39. The number of sulfone groups is 1. The number of methoxy groups -OCH3 is 1. The minimum absolute atomic E-state index is 0.314. The van der Waals surface area contributed by atoms with Gasteiger partial charge in [0.05, 0.1) is 10.1 Å². The molecule has 0 amide bonds. The summed E-state index contributed by atoms with van der Waals surface area (Å²) in [6.07, 6.45) is -0.518. The molecule has 1 aromatic carbocycles. The average Bonchev–Trinajstić information content (AvgIpc) is 2.28. The van der Waals surface area contributed by atoms with Crippen LogP contribution < -0.4 is 5.73 Å². The summed E-state index contributed by atoms with van der Waals surface area (Å²) in [7, 11) is -1.70. The lowest BCUT2D eigenvalue weighted by Crippen LogP contribution is -2.15. The first-order valence-corrected chi connectivity index (χ1v) is 6.56. The van der Waals surface area contributed by atoms with E-state index < -0.39 is 21.3 Å². The third kappa shape index (κ3) is 2.61. The predicted molar refractivity (Wildman–Crippen MR) is 62.7 cm³/mol. The molecule has 0 aliphatic heterocycles. The van der Waals surface area contributed by atoms with E-state index in [2.05, 4.69) is 0 Å². The number of nitrogens with two attached hydrogens (primary N) is 1. The molecule has 1 atom stereocenters. The lowest BCUT2D eigenvalue weighted by Gasteiger charge is -2.11. The molecule has 90 valence electrons. The van der Waals surface area contributed by atoms with Crippen LogP contribution in [0.4, 0.5) is 0 Å². The Balaban J connectivity index is 3.05. The van der Waals surface area contributed by atoms with Gasteiger partial charge in [0.1, 0.15) is 6.23 Å². The Morgan fingerprint density at radius 1 is 1.19 bits per heavy atom. The maximum absolute atomic E-state index is 11.8. The van der Waals surface area contributed by atoms with Crippen LogP contribution in [0.2, 0.25) is 0 Å². The topological polar surface area (TPSA) is 69.4 Å². The summed E-state index contributed by atoms with van der Waals surface area (Å²) in [6, 6.07) is 6.46. The zero-order chi connectivity index (χ0) is 12.3. The average molecular weight is 243 g/mol. The molecule has 0 aliphatic carbocycles. The quantitative estimate of drug-likeness (QED) is 0.813. The number of hydrogen-bond acceptors (Lipinski definition) is 4. The van der Waals surface area contributed by atoms with Crippen molar-refractivity contribution < 1.29 is 13.2 Å². The Labute approximate surface area is 96.3 Å². The lowest BCUT2D eigenvalue weighted by atomic mass is 10.2. The summed E-state index contributed by atoms with van der Waals surface area (Å²) in [5, 5.41) is -0.422. The van der Waals surface area contributed by atoms with E-state index in [0.717, 1.165) is 5.56 Å². The summed E-state index contributed by atoms with van der Waals surface area (Å²) < 4.78 is 28.6. The Hall–Kier alpha value is -0.910. The van der Waals surface area contributed by atoms with E-state index >= 15 is 0 Å². The molecule has 0 saturated carbocycles. The van der Waals surface area contributed by atoms with Crippen LogP contribution in [0.15, 0.2) is 29.2 Å². The minimum atomic E-state index is -3.21. The number of rotatable bonds is 4. The summed E-state index contributed by atoms with van der Waals surface area (Å²) in [4.78, 5) is 0.314. The molecule has 5 heteroatoms. The van der Waals surface area contributed by atoms with Gasteiger partial charge in [0.25, 0.3) is 0 Å². The molecule has 1 unspecified atom stereocenters. The second kappa shape index (κ2) is 4.95. The van der Waals surface area contributed by atoms with E-state index in [1.807, 2.05) is 0 Å². The summed E-state index contributed by atoms with van der Waals surface area (Å²) >= 11 is 0. The van der Waals surface area contributed by atoms with Crippen molar-refractivity contribution in [3.05, 3.63) is 29.8 Å². The van der Waals surface area contributed by atoms with Gasteiger partial charge in [-0.3, -0.25) is 0 Å². The largest absolute Gasteiger partial charge is 0.363 e. The summed E-state index contributed by atoms with van der Waals surface area (Å²) in [6.45, 7) is 3.31. The lowest BCUT2D eigenvalue weighted by molar-refractivity contribution is 0.109. The van der Waals surface area contributed by atoms with Gasteiger partial charge in [0, 0.05) is 7.11 Å². The Bertz CT molecular complexity index is 437. The van der Waals surface area contributed by atoms with Crippen molar-refractivity contribution in [2.45, 2.75) is 30.2 Å². The maximum Gasteiger partial charge on any atom is 0.180 e. The molecule has 0 heterocycles. The van der Waals surface area contributed by atoms with Gasteiger partial charge in [-0.05, 0) is 31.5 Å². The standard InChI is InChI=1S/C11H17NO3S/c1-8(2)16(13,14)10-6-4-9(5-7-10)11(12)15-3/h4-8,11H,12H2,1-3H3. The molecule has 0 saturated heterocycles. The van der Waals surface area contributed by atoms with Gasteiger partial charge >= 0.3 is 0 Å². The number of ether oxygens (including phenoxy) is 1. The molecule has 2 N–H and O–H groups in total. The molecule has 1 aromatic rings. The fourth-order valence-corrected chi connectivity index (χ4v) is 2.32. The van der Waals surface area contributed by atoms with Crippen molar-refractivity contribution in [2.24, 2.45) is 5.73 Å². The van der Waals surface area contributed by atoms with Gasteiger partial charge in [-0.15, -0.1) is 0 Å².